The van der Waals surface area contributed by atoms with Gasteiger partial charge in [0.1, 0.15) is 6.61 Å². The summed E-state index contributed by atoms with van der Waals surface area (Å²) in [6.45, 7) is 1.36. The quantitative estimate of drug-likeness (QED) is 0.256. The van der Waals surface area contributed by atoms with E-state index in [1.165, 1.54) is 29.2 Å². The smallest absolute Gasteiger partial charge is 0.337 e. The molecule has 2 aliphatic heterocycles. The summed E-state index contributed by atoms with van der Waals surface area (Å²) in [5.74, 6) is -2.41. The highest BCUT2D eigenvalue weighted by molar-refractivity contribution is 6.12. The van der Waals surface area contributed by atoms with E-state index in [9.17, 15) is 24.5 Å². The molecular formula is C17H18N2O7. The molecule has 0 saturated carbocycles. The molecule has 2 heterocycles. The third-order valence-electron chi connectivity index (χ3n) is 5.01. The van der Waals surface area contributed by atoms with Crippen LogP contribution >= 0.6 is 0 Å². The van der Waals surface area contributed by atoms with Crippen LogP contribution in [0.4, 0.5) is 5.69 Å². The van der Waals surface area contributed by atoms with Crippen molar-refractivity contribution < 1.29 is 29.2 Å². The van der Waals surface area contributed by atoms with Crippen LogP contribution in [0.15, 0.2) is 24.3 Å². The average molecular weight is 362 g/mol. The zero-order chi connectivity index (χ0) is 19.0. The summed E-state index contributed by atoms with van der Waals surface area (Å²) in [6, 6.07) is 3.87. The number of nitrogens with zero attached hydrogens (tertiary/aromatic N) is 2. The number of ketones is 1. The van der Waals surface area contributed by atoms with E-state index in [0.717, 1.165) is 0 Å². The average Bonchev–Trinajstić information content (AvgIpc) is 2.86. The van der Waals surface area contributed by atoms with Crippen LogP contribution < -0.4 is 0 Å². The van der Waals surface area contributed by atoms with E-state index in [0.29, 0.717) is 5.56 Å². The van der Waals surface area contributed by atoms with Crippen LogP contribution in [0.3, 0.4) is 0 Å². The molecule has 138 valence electrons. The molecule has 1 amide bonds. The molecule has 2 saturated heterocycles. The predicted molar refractivity (Wildman–Crippen MR) is 86.7 cm³/mol. The van der Waals surface area contributed by atoms with Gasteiger partial charge in [-0.1, -0.05) is 6.92 Å². The van der Waals surface area contributed by atoms with Gasteiger partial charge in [-0.2, -0.15) is 0 Å². The zero-order valence-electron chi connectivity index (χ0n) is 14.0. The summed E-state index contributed by atoms with van der Waals surface area (Å²) >= 11 is 0. The van der Waals surface area contributed by atoms with Crippen LogP contribution in [-0.4, -0.2) is 51.3 Å². The molecule has 0 aliphatic carbocycles. The molecule has 9 heteroatoms. The van der Waals surface area contributed by atoms with Gasteiger partial charge in [0.2, 0.25) is 5.91 Å². The van der Waals surface area contributed by atoms with Crippen LogP contribution in [0.25, 0.3) is 0 Å². The molecule has 2 aliphatic rings. The Morgan fingerprint density at radius 2 is 1.96 bits per heavy atom. The molecule has 0 radical (unpaired) electrons. The number of Topliss-reactive ketones (excluding diaryl/α,β-unsaturated/α-hetero) is 1. The number of fused-ring (bicyclic) bond motifs is 1. The first-order valence-electron chi connectivity index (χ1n) is 8.23. The summed E-state index contributed by atoms with van der Waals surface area (Å²) in [6.07, 6.45) is 0.266. The lowest BCUT2D eigenvalue weighted by molar-refractivity contribution is -0.384. The maximum absolute atomic E-state index is 12.4. The number of carbonyl (C=O) groups is 3. The summed E-state index contributed by atoms with van der Waals surface area (Å²) in [4.78, 5) is 48.3. The minimum absolute atomic E-state index is 0.0798. The highest BCUT2D eigenvalue weighted by Gasteiger charge is 2.63. The highest BCUT2D eigenvalue weighted by Crippen LogP contribution is 2.43. The number of hydrogen-bond acceptors (Lipinski definition) is 7. The van der Waals surface area contributed by atoms with Crippen LogP contribution in [0.1, 0.15) is 18.9 Å². The number of benzene rings is 1. The summed E-state index contributed by atoms with van der Waals surface area (Å²) in [5.41, 5.74) is 0.455. The molecule has 9 nitrogen and oxygen atoms in total. The number of carbonyl (C=O) groups excluding carboxylic acids is 3. The SMILES string of the molecule is C[C@@H]1C(=O)C(C(=O)OCc2ccc([N+](=O)[O-])cc2)N2C(=O)[C@@H](CCO)[C@@H]12. The molecule has 1 N–H and O–H groups in total. The number of aliphatic hydroxyl groups is 1. The van der Waals surface area contributed by atoms with E-state index >= 15 is 0 Å². The third kappa shape index (κ3) is 2.84. The number of amides is 1. The monoisotopic (exact) mass is 362 g/mol. The van der Waals surface area contributed by atoms with Gasteiger partial charge >= 0.3 is 5.97 Å². The molecule has 1 aromatic rings. The van der Waals surface area contributed by atoms with Crippen molar-refractivity contribution in [1.82, 2.24) is 4.90 Å². The normalized spacial score (nSPS) is 27.1. The summed E-state index contributed by atoms with van der Waals surface area (Å²) in [5, 5.41) is 19.7. The van der Waals surface area contributed by atoms with E-state index in [1.54, 1.807) is 6.92 Å². The van der Waals surface area contributed by atoms with Crippen molar-refractivity contribution in [3.63, 3.8) is 0 Å². The highest BCUT2D eigenvalue weighted by atomic mass is 16.6. The van der Waals surface area contributed by atoms with Crippen LogP contribution in [0.5, 0.6) is 0 Å². The summed E-state index contributed by atoms with van der Waals surface area (Å²) < 4.78 is 5.15. The van der Waals surface area contributed by atoms with E-state index in [-0.39, 0.29) is 43.1 Å². The molecule has 0 bridgehead atoms. The second-order valence-corrected chi connectivity index (χ2v) is 6.48. The first kappa shape index (κ1) is 18.0. The molecule has 3 rings (SSSR count). The lowest BCUT2D eigenvalue weighted by atomic mass is 9.81. The van der Waals surface area contributed by atoms with Gasteiger partial charge in [-0.25, -0.2) is 4.79 Å². The third-order valence-corrected chi connectivity index (χ3v) is 5.01. The Bertz CT molecular complexity index is 761. The number of ether oxygens (including phenoxy) is 1. The van der Waals surface area contributed by atoms with Crippen LogP contribution in [-0.2, 0) is 25.7 Å². The molecule has 0 spiro atoms. The molecule has 1 unspecified atom stereocenters. The maximum atomic E-state index is 12.4. The van der Waals surface area contributed by atoms with Gasteiger partial charge in [-0.05, 0) is 24.1 Å². The molecular weight excluding hydrogens is 344 g/mol. The molecule has 2 fully saturated rings. The Hall–Kier alpha value is -2.81. The number of aliphatic hydroxyl groups excluding tert-OH is 1. The van der Waals surface area contributed by atoms with E-state index in [1.807, 2.05) is 0 Å². The number of β-lactam (4-membered cyclic amide) rings is 1. The minimum atomic E-state index is -1.25. The fourth-order valence-corrected chi connectivity index (χ4v) is 3.65. The van der Waals surface area contributed by atoms with Crippen molar-refractivity contribution in [2.24, 2.45) is 11.8 Å². The van der Waals surface area contributed by atoms with E-state index in [2.05, 4.69) is 0 Å². The molecule has 4 atom stereocenters. The van der Waals surface area contributed by atoms with Crippen LogP contribution in [0, 0.1) is 22.0 Å². The number of nitro benzene ring substituents is 1. The Labute approximate surface area is 148 Å². The van der Waals surface area contributed by atoms with Gasteiger partial charge in [0.05, 0.1) is 16.9 Å². The second kappa shape index (κ2) is 6.83. The van der Waals surface area contributed by atoms with Crippen LogP contribution in [0.2, 0.25) is 0 Å². The topological polar surface area (TPSA) is 127 Å². The number of non-ortho nitro benzene ring substituents is 1. The maximum Gasteiger partial charge on any atom is 0.337 e. The van der Waals surface area contributed by atoms with Crippen molar-refractivity contribution in [2.45, 2.75) is 32.0 Å². The number of nitro groups is 1. The van der Waals surface area contributed by atoms with Gasteiger partial charge in [0.15, 0.2) is 11.8 Å². The van der Waals surface area contributed by atoms with E-state index < -0.39 is 28.8 Å². The minimum Gasteiger partial charge on any atom is -0.459 e. The number of hydrogen-bond donors (Lipinski definition) is 1. The van der Waals surface area contributed by atoms with Gasteiger partial charge in [-0.15, -0.1) is 0 Å². The lowest BCUT2D eigenvalue weighted by Gasteiger charge is -2.45. The van der Waals surface area contributed by atoms with Gasteiger partial charge in [0.25, 0.3) is 5.69 Å². The van der Waals surface area contributed by atoms with Crippen molar-refractivity contribution in [3.8, 4) is 0 Å². The van der Waals surface area contributed by atoms with Gasteiger partial charge < -0.3 is 14.7 Å². The molecule has 0 aromatic heterocycles. The Morgan fingerprint density at radius 1 is 1.31 bits per heavy atom. The zero-order valence-corrected chi connectivity index (χ0v) is 14.0. The fourth-order valence-electron chi connectivity index (χ4n) is 3.65. The van der Waals surface area contributed by atoms with Crippen molar-refractivity contribution in [1.29, 1.82) is 0 Å². The van der Waals surface area contributed by atoms with Crippen molar-refractivity contribution >= 4 is 23.3 Å². The van der Waals surface area contributed by atoms with Gasteiger partial charge in [-0.3, -0.25) is 19.7 Å². The van der Waals surface area contributed by atoms with Gasteiger partial charge in [0, 0.05) is 24.7 Å². The predicted octanol–water partition coefficient (Wildman–Crippen LogP) is 0.435. The molecule has 1 aromatic carbocycles. The van der Waals surface area contributed by atoms with Crippen molar-refractivity contribution in [3.05, 3.63) is 39.9 Å². The first-order chi connectivity index (χ1) is 12.4. The Kier molecular flexibility index (Phi) is 4.73. The summed E-state index contributed by atoms with van der Waals surface area (Å²) in [7, 11) is 0. The Morgan fingerprint density at radius 3 is 2.54 bits per heavy atom. The number of rotatable bonds is 6. The van der Waals surface area contributed by atoms with E-state index in [4.69, 9.17) is 9.84 Å². The Balaban J connectivity index is 1.65. The largest absolute Gasteiger partial charge is 0.459 e. The standard InChI is InChI=1S/C17H18N2O7/c1-9-13-12(6-7-20)16(22)18(13)14(15(9)21)17(23)26-8-10-2-4-11(5-3-10)19(24)25/h2-5,9,12-14,20H,6-8H2,1H3/t9-,12-,13+,14?/m0/s1. The lowest BCUT2D eigenvalue weighted by Crippen LogP contribution is -2.63. The molecule has 26 heavy (non-hydrogen) atoms. The second-order valence-electron chi connectivity index (χ2n) is 6.48. The number of esters is 1. The fraction of sp³-hybridized carbons (Fsp3) is 0.471. The first-order valence-corrected chi connectivity index (χ1v) is 8.23. The van der Waals surface area contributed by atoms with Crippen molar-refractivity contribution in [2.75, 3.05) is 6.61 Å².